The van der Waals surface area contributed by atoms with Gasteiger partial charge in [0.1, 0.15) is 11.4 Å². The first-order valence-electron chi connectivity index (χ1n) is 7.63. The summed E-state index contributed by atoms with van der Waals surface area (Å²) >= 11 is 1.84. The predicted molar refractivity (Wildman–Crippen MR) is 88.5 cm³/mol. The molecule has 22 heavy (non-hydrogen) atoms. The van der Waals surface area contributed by atoms with Crippen molar-refractivity contribution in [1.29, 1.82) is 0 Å². The molecule has 1 fully saturated rings. The molecule has 1 amide bonds. The smallest absolute Gasteiger partial charge is 0.410 e. The summed E-state index contributed by atoms with van der Waals surface area (Å²) in [5.74, 6) is 2.20. The summed E-state index contributed by atoms with van der Waals surface area (Å²) < 4.78 is 18.2. The quantitative estimate of drug-likeness (QED) is 0.826. The standard InChI is InChI=1S/C17H24FNO2S/c1-17(2,3)21-16(20)19-9-8-14(10-19)12-22-11-13-4-6-15(18)7-5-13/h4-7,14H,8-12H2,1-3H3/t14-/m1/s1. The highest BCUT2D eigenvalue weighted by Crippen LogP contribution is 2.24. The van der Waals surface area contributed by atoms with Gasteiger partial charge in [0.15, 0.2) is 0 Å². The van der Waals surface area contributed by atoms with Gasteiger partial charge in [-0.05, 0) is 56.6 Å². The number of likely N-dealkylation sites (tertiary alicyclic amines) is 1. The molecule has 122 valence electrons. The Kier molecular flexibility index (Phi) is 5.73. The SMILES string of the molecule is CC(C)(C)OC(=O)N1CC[C@@H](CSCc2ccc(F)cc2)C1. The molecule has 3 nitrogen and oxygen atoms in total. The van der Waals surface area contributed by atoms with Crippen LogP contribution in [-0.2, 0) is 10.5 Å². The summed E-state index contributed by atoms with van der Waals surface area (Å²) in [7, 11) is 0. The van der Waals surface area contributed by atoms with Crippen molar-refractivity contribution in [1.82, 2.24) is 4.90 Å². The highest BCUT2D eigenvalue weighted by Gasteiger charge is 2.29. The summed E-state index contributed by atoms with van der Waals surface area (Å²) in [6, 6.07) is 6.64. The molecule has 0 radical (unpaired) electrons. The molecule has 0 bridgehead atoms. The molecule has 1 aliphatic heterocycles. The fraction of sp³-hybridized carbons (Fsp3) is 0.588. The van der Waals surface area contributed by atoms with Crippen LogP contribution in [0, 0.1) is 11.7 Å². The van der Waals surface area contributed by atoms with Crippen LogP contribution in [0.5, 0.6) is 0 Å². The molecule has 0 saturated carbocycles. The van der Waals surface area contributed by atoms with Gasteiger partial charge in [-0.15, -0.1) is 0 Å². The van der Waals surface area contributed by atoms with Gasteiger partial charge in [0.25, 0.3) is 0 Å². The van der Waals surface area contributed by atoms with Crippen molar-refractivity contribution in [2.24, 2.45) is 5.92 Å². The van der Waals surface area contributed by atoms with Gasteiger partial charge in [-0.25, -0.2) is 9.18 Å². The van der Waals surface area contributed by atoms with E-state index in [4.69, 9.17) is 4.74 Å². The van der Waals surface area contributed by atoms with E-state index in [0.717, 1.165) is 36.6 Å². The van der Waals surface area contributed by atoms with Gasteiger partial charge >= 0.3 is 6.09 Å². The molecule has 0 aliphatic carbocycles. The maximum absolute atomic E-state index is 12.8. The largest absolute Gasteiger partial charge is 0.444 e. The van der Waals surface area contributed by atoms with Crippen molar-refractivity contribution in [3.05, 3.63) is 35.6 Å². The fourth-order valence-electron chi connectivity index (χ4n) is 2.39. The highest BCUT2D eigenvalue weighted by atomic mass is 32.2. The minimum Gasteiger partial charge on any atom is -0.444 e. The van der Waals surface area contributed by atoms with E-state index in [1.165, 1.54) is 12.1 Å². The predicted octanol–water partition coefficient (Wildman–Crippen LogP) is 4.32. The van der Waals surface area contributed by atoms with E-state index in [9.17, 15) is 9.18 Å². The summed E-state index contributed by atoms with van der Waals surface area (Å²) in [5.41, 5.74) is 0.695. The first-order valence-corrected chi connectivity index (χ1v) is 8.79. The number of nitrogens with zero attached hydrogens (tertiary/aromatic N) is 1. The van der Waals surface area contributed by atoms with Crippen molar-refractivity contribution in [3.8, 4) is 0 Å². The molecular weight excluding hydrogens is 301 g/mol. The Balaban J connectivity index is 1.70. The summed E-state index contributed by atoms with van der Waals surface area (Å²) in [6.07, 6.45) is 0.814. The number of ether oxygens (including phenoxy) is 1. The zero-order valence-electron chi connectivity index (χ0n) is 13.5. The van der Waals surface area contributed by atoms with Crippen LogP contribution in [0.25, 0.3) is 0 Å². The molecule has 0 unspecified atom stereocenters. The Labute approximate surface area is 136 Å². The molecule has 5 heteroatoms. The Hall–Kier alpha value is -1.23. The number of thioether (sulfide) groups is 1. The van der Waals surface area contributed by atoms with Gasteiger partial charge in [0.05, 0.1) is 0 Å². The van der Waals surface area contributed by atoms with Crippen molar-refractivity contribution < 1.29 is 13.9 Å². The van der Waals surface area contributed by atoms with Gasteiger partial charge in [0, 0.05) is 18.8 Å². The second-order valence-corrected chi connectivity index (χ2v) is 7.75. The normalized spacial score (nSPS) is 18.5. The first kappa shape index (κ1) is 17.1. The van der Waals surface area contributed by atoms with E-state index in [2.05, 4.69) is 0 Å². The second kappa shape index (κ2) is 7.36. The topological polar surface area (TPSA) is 29.5 Å². The minimum atomic E-state index is -0.438. The third-order valence-electron chi connectivity index (χ3n) is 3.47. The Morgan fingerprint density at radius 2 is 2.05 bits per heavy atom. The Morgan fingerprint density at radius 1 is 1.36 bits per heavy atom. The van der Waals surface area contributed by atoms with Crippen molar-refractivity contribution >= 4 is 17.9 Å². The van der Waals surface area contributed by atoms with Crippen LogP contribution in [0.4, 0.5) is 9.18 Å². The van der Waals surface area contributed by atoms with Crippen LogP contribution in [0.3, 0.4) is 0 Å². The minimum absolute atomic E-state index is 0.197. The number of benzene rings is 1. The van der Waals surface area contributed by atoms with E-state index < -0.39 is 5.60 Å². The number of carbonyl (C=O) groups is 1. The van der Waals surface area contributed by atoms with Gasteiger partial charge < -0.3 is 9.64 Å². The molecule has 1 atom stereocenters. The molecule has 1 aromatic carbocycles. The van der Waals surface area contributed by atoms with Crippen molar-refractivity contribution in [2.75, 3.05) is 18.8 Å². The van der Waals surface area contributed by atoms with Crippen LogP contribution in [0.2, 0.25) is 0 Å². The molecule has 1 aliphatic rings. The van der Waals surface area contributed by atoms with Crippen molar-refractivity contribution in [2.45, 2.75) is 38.5 Å². The monoisotopic (exact) mass is 325 g/mol. The Morgan fingerprint density at radius 3 is 2.68 bits per heavy atom. The van der Waals surface area contributed by atoms with Gasteiger partial charge in [-0.3, -0.25) is 0 Å². The lowest BCUT2D eigenvalue weighted by molar-refractivity contribution is 0.0289. The third-order valence-corrected chi connectivity index (χ3v) is 4.72. The van der Waals surface area contributed by atoms with E-state index in [1.54, 1.807) is 4.90 Å². The van der Waals surface area contributed by atoms with Gasteiger partial charge in [-0.1, -0.05) is 12.1 Å². The molecular formula is C17H24FNO2S. The zero-order chi connectivity index (χ0) is 16.2. The summed E-state index contributed by atoms with van der Waals surface area (Å²) in [5, 5.41) is 0. The van der Waals surface area contributed by atoms with E-state index in [-0.39, 0.29) is 11.9 Å². The van der Waals surface area contributed by atoms with E-state index in [0.29, 0.717) is 5.92 Å². The van der Waals surface area contributed by atoms with Gasteiger partial charge in [0.2, 0.25) is 0 Å². The molecule has 0 spiro atoms. The molecule has 2 rings (SSSR count). The lowest BCUT2D eigenvalue weighted by atomic mass is 10.2. The Bertz CT molecular complexity index is 498. The number of amides is 1. The van der Waals surface area contributed by atoms with Crippen molar-refractivity contribution in [3.63, 3.8) is 0 Å². The number of rotatable bonds is 4. The van der Waals surface area contributed by atoms with E-state index >= 15 is 0 Å². The van der Waals surface area contributed by atoms with Crippen LogP contribution in [-0.4, -0.2) is 35.4 Å². The lowest BCUT2D eigenvalue weighted by Gasteiger charge is -2.24. The average Bonchev–Trinajstić information content (AvgIpc) is 2.88. The highest BCUT2D eigenvalue weighted by molar-refractivity contribution is 7.98. The number of hydrogen-bond acceptors (Lipinski definition) is 3. The third kappa shape index (κ3) is 5.52. The number of hydrogen-bond donors (Lipinski definition) is 0. The van der Waals surface area contributed by atoms with Crippen LogP contribution < -0.4 is 0 Å². The maximum Gasteiger partial charge on any atom is 0.410 e. The fourth-order valence-corrected chi connectivity index (χ4v) is 3.54. The first-order chi connectivity index (χ1) is 10.3. The number of carbonyl (C=O) groups excluding carboxylic acids is 1. The maximum atomic E-state index is 12.8. The van der Waals surface area contributed by atoms with Crippen LogP contribution in [0.15, 0.2) is 24.3 Å². The number of halogens is 1. The second-order valence-electron chi connectivity index (χ2n) is 6.72. The van der Waals surface area contributed by atoms with Gasteiger partial charge in [-0.2, -0.15) is 11.8 Å². The van der Waals surface area contributed by atoms with Crippen LogP contribution >= 0.6 is 11.8 Å². The summed E-state index contributed by atoms with van der Waals surface area (Å²) in [4.78, 5) is 13.8. The lowest BCUT2D eigenvalue weighted by Crippen LogP contribution is -2.35. The molecule has 0 N–H and O–H groups in total. The molecule has 0 aromatic heterocycles. The zero-order valence-corrected chi connectivity index (χ0v) is 14.3. The van der Waals surface area contributed by atoms with E-state index in [1.807, 2.05) is 44.7 Å². The summed E-state index contributed by atoms with van der Waals surface area (Å²) in [6.45, 7) is 7.20. The average molecular weight is 325 g/mol. The molecule has 1 saturated heterocycles. The molecule has 1 heterocycles. The van der Waals surface area contributed by atoms with Crippen LogP contribution in [0.1, 0.15) is 32.8 Å². The molecule has 1 aromatic rings.